The van der Waals surface area contributed by atoms with E-state index in [9.17, 15) is 9.59 Å². The van der Waals surface area contributed by atoms with Crippen LogP contribution in [0.3, 0.4) is 0 Å². The molecule has 1 aromatic carbocycles. The van der Waals surface area contributed by atoms with E-state index in [0.29, 0.717) is 27.3 Å². The summed E-state index contributed by atoms with van der Waals surface area (Å²) in [7, 11) is 1.54. The number of ether oxygens (including phenoxy) is 1. The molecule has 10 heteroatoms. The van der Waals surface area contributed by atoms with Crippen LogP contribution in [0.2, 0.25) is 5.02 Å². The zero-order chi connectivity index (χ0) is 17.0. The first-order chi connectivity index (χ1) is 10.9. The number of thioether (sulfide) groups is 1. The second-order valence-electron chi connectivity index (χ2n) is 4.42. The van der Waals surface area contributed by atoms with Crippen LogP contribution in [0.1, 0.15) is 6.92 Å². The molecule has 3 amide bonds. The van der Waals surface area contributed by atoms with Gasteiger partial charge in [0.2, 0.25) is 11.1 Å². The third-order valence-corrected chi connectivity index (χ3v) is 3.98. The Hall–Kier alpha value is -2.26. The lowest BCUT2D eigenvalue weighted by molar-refractivity contribution is -0.119. The summed E-state index contributed by atoms with van der Waals surface area (Å²) in [6.45, 7) is 1.61. The van der Waals surface area contributed by atoms with Gasteiger partial charge in [-0.3, -0.25) is 15.2 Å². The lowest BCUT2D eigenvalue weighted by Gasteiger charge is -2.07. The number of primary amides is 1. The summed E-state index contributed by atoms with van der Waals surface area (Å²) in [5.41, 5.74) is 5.55. The molecule has 1 aromatic heterocycles. The van der Waals surface area contributed by atoms with E-state index in [0.717, 1.165) is 11.8 Å². The molecule has 4 N–H and O–H groups in total. The number of aromatic nitrogens is 3. The highest BCUT2D eigenvalue weighted by Gasteiger charge is 2.19. The van der Waals surface area contributed by atoms with Crippen molar-refractivity contribution in [2.45, 2.75) is 17.3 Å². The minimum absolute atomic E-state index is 0.342. The molecule has 0 spiro atoms. The Labute approximate surface area is 141 Å². The summed E-state index contributed by atoms with van der Waals surface area (Å²) < 4.78 is 5.26. The first-order valence-electron chi connectivity index (χ1n) is 6.44. The highest BCUT2D eigenvalue weighted by Crippen LogP contribution is 2.31. The van der Waals surface area contributed by atoms with E-state index >= 15 is 0 Å². The third-order valence-electron chi connectivity index (χ3n) is 2.78. The fourth-order valence-electron chi connectivity index (χ4n) is 1.72. The van der Waals surface area contributed by atoms with E-state index in [1.54, 1.807) is 25.1 Å². The van der Waals surface area contributed by atoms with Gasteiger partial charge in [-0.15, -0.1) is 5.10 Å². The predicted octanol–water partition coefficient (Wildman–Crippen LogP) is 1.81. The maximum atomic E-state index is 11.6. The summed E-state index contributed by atoms with van der Waals surface area (Å²) in [4.78, 5) is 26.6. The molecule has 0 radical (unpaired) electrons. The Kier molecular flexibility index (Phi) is 5.45. The van der Waals surface area contributed by atoms with E-state index < -0.39 is 17.2 Å². The molecular formula is C13H14ClN5O3S. The van der Waals surface area contributed by atoms with Gasteiger partial charge in [-0.25, -0.2) is 9.78 Å². The second kappa shape index (κ2) is 7.34. The molecule has 0 saturated carbocycles. The minimum Gasteiger partial charge on any atom is -0.496 e. The van der Waals surface area contributed by atoms with Crippen LogP contribution < -0.4 is 15.8 Å². The van der Waals surface area contributed by atoms with E-state index in [-0.39, 0.29) is 0 Å². The third kappa shape index (κ3) is 4.36. The average Bonchev–Trinajstić information content (AvgIpc) is 2.94. The molecule has 0 aliphatic rings. The van der Waals surface area contributed by atoms with Crippen LogP contribution >= 0.6 is 23.4 Å². The normalized spacial score (nSPS) is 11.8. The first-order valence-corrected chi connectivity index (χ1v) is 7.69. The van der Waals surface area contributed by atoms with Gasteiger partial charge in [-0.2, -0.15) is 0 Å². The topological polar surface area (TPSA) is 123 Å². The summed E-state index contributed by atoms with van der Waals surface area (Å²) in [6.07, 6.45) is 0. The highest BCUT2D eigenvalue weighted by molar-refractivity contribution is 8.00. The zero-order valence-corrected chi connectivity index (χ0v) is 13.9. The van der Waals surface area contributed by atoms with Gasteiger partial charge in [-0.1, -0.05) is 23.4 Å². The van der Waals surface area contributed by atoms with Crippen molar-refractivity contribution >= 4 is 35.3 Å². The Morgan fingerprint density at radius 1 is 1.48 bits per heavy atom. The lowest BCUT2D eigenvalue weighted by Crippen LogP contribution is -2.39. The maximum absolute atomic E-state index is 11.6. The quantitative estimate of drug-likeness (QED) is 0.703. The van der Waals surface area contributed by atoms with Crippen molar-refractivity contribution in [1.82, 2.24) is 20.5 Å². The van der Waals surface area contributed by atoms with E-state index in [1.165, 1.54) is 7.11 Å². The van der Waals surface area contributed by atoms with Crippen molar-refractivity contribution in [2.24, 2.45) is 5.73 Å². The number of hydrogen-bond donors (Lipinski definition) is 3. The summed E-state index contributed by atoms with van der Waals surface area (Å²) in [5.74, 6) is 0.519. The van der Waals surface area contributed by atoms with Gasteiger partial charge in [0.05, 0.1) is 17.9 Å². The molecule has 2 rings (SSSR count). The number of halogens is 1. The van der Waals surface area contributed by atoms with Crippen molar-refractivity contribution in [2.75, 3.05) is 7.11 Å². The predicted molar refractivity (Wildman–Crippen MR) is 86.4 cm³/mol. The fraction of sp³-hybridized carbons (Fsp3) is 0.231. The van der Waals surface area contributed by atoms with Gasteiger partial charge < -0.3 is 10.5 Å². The van der Waals surface area contributed by atoms with Gasteiger partial charge >= 0.3 is 6.03 Å². The Bertz CT molecular complexity index is 736. The zero-order valence-electron chi connectivity index (χ0n) is 12.3. The highest BCUT2D eigenvalue weighted by atomic mass is 35.5. The van der Waals surface area contributed by atoms with Crippen LogP contribution in [-0.2, 0) is 4.79 Å². The number of urea groups is 1. The average molecular weight is 356 g/mol. The molecule has 0 aliphatic carbocycles. The van der Waals surface area contributed by atoms with E-state index in [4.69, 9.17) is 22.1 Å². The number of carbonyl (C=O) groups excluding carboxylic acids is 2. The van der Waals surface area contributed by atoms with Gasteiger partial charge in [0.1, 0.15) is 5.75 Å². The number of methoxy groups -OCH3 is 1. The summed E-state index contributed by atoms with van der Waals surface area (Å²) in [5, 5.41) is 9.08. The molecule has 0 saturated heterocycles. The van der Waals surface area contributed by atoms with Gasteiger partial charge in [0.25, 0.3) is 0 Å². The summed E-state index contributed by atoms with van der Waals surface area (Å²) >= 11 is 7.07. The number of H-pyrrole nitrogens is 1. The number of nitrogens with zero attached hydrogens (tertiary/aromatic N) is 2. The number of amides is 3. The number of benzene rings is 1. The van der Waals surface area contributed by atoms with Gasteiger partial charge in [0.15, 0.2) is 5.82 Å². The van der Waals surface area contributed by atoms with Crippen molar-refractivity contribution in [3.8, 4) is 17.1 Å². The molecule has 1 atom stereocenters. The number of imide groups is 1. The van der Waals surface area contributed by atoms with Crippen LogP contribution in [0, 0.1) is 0 Å². The van der Waals surface area contributed by atoms with Crippen LogP contribution in [0.5, 0.6) is 5.75 Å². The van der Waals surface area contributed by atoms with Crippen LogP contribution in [0.25, 0.3) is 11.4 Å². The number of nitrogens with two attached hydrogens (primary N) is 1. The maximum Gasteiger partial charge on any atom is 0.318 e. The number of hydrogen-bond acceptors (Lipinski definition) is 6. The van der Waals surface area contributed by atoms with Gasteiger partial charge in [0, 0.05) is 5.02 Å². The monoisotopic (exact) mass is 355 g/mol. The van der Waals surface area contributed by atoms with Crippen molar-refractivity contribution in [3.63, 3.8) is 0 Å². The van der Waals surface area contributed by atoms with Gasteiger partial charge in [-0.05, 0) is 25.1 Å². The number of rotatable bonds is 5. The molecular weight excluding hydrogens is 342 g/mol. The Balaban J connectivity index is 2.16. The molecule has 0 bridgehead atoms. The largest absolute Gasteiger partial charge is 0.496 e. The van der Waals surface area contributed by atoms with Crippen LogP contribution in [0.15, 0.2) is 23.4 Å². The first kappa shape index (κ1) is 17.1. The van der Waals surface area contributed by atoms with Crippen LogP contribution in [-0.4, -0.2) is 39.5 Å². The smallest absolute Gasteiger partial charge is 0.318 e. The fourth-order valence-corrected chi connectivity index (χ4v) is 2.62. The molecule has 122 valence electrons. The number of nitrogens with one attached hydrogen (secondary N) is 2. The van der Waals surface area contributed by atoms with Crippen molar-refractivity contribution in [1.29, 1.82) is 0 Å². The molecule has 0 unspecified atom stereocenters. The van der Waals surface area contributed by atoms with Crippen molar-refractivity contribution < 1.29 is 14.3 Å². The van der Waals surface area contributed by atoms with E-state index in [1.807, 2.05) is 5.32 Å². The number of carbonyl (C=O) groups is 2. The Morgan fingerprint density at radius 2 is 2.22 bits per heavy atom. The molecule has 2 aromatic rings. The second-order valence-corrected chi connectivity index (χ2v) is 6.17. The van der Waals surface area contributed by atoms with Crippen LogP contribution in [0.4, 0.5) is 4.79 Å². The SMILES string of the molecule is COc1ccc(Cl)cc1-c1nc(S[C@H](C)C(=O)NC(N)=O)n[nH]1. The van der Waals surface area contributed by atoms with Crippen molar-refractivity contribution in [3.05, 3.63) is 23.2 Å². The Morgan fingerprint density at radius 3 is 2.87 bits per heavy atom. The number of aromatic amines is 1. The molecule has 23 heavy (non-hydrogen) atoms. The molecule has 1 heterocycles. The minimum atomic E-state index is -0.901. The lowest BCUT2D eigenvalue weighted by atomic mass is 10.2. The summed E-state index contributed by atoms with van der Waals surface area (Å²) in [6, 6.07) is 4.21. The molecule has 0 aliphatic heterocycles. The standard InChI is InChI=1S/C13H14ClN5O3S/c1-6(11(20)17-12(15)21)23-13-16-10(18-19-13)8-5-7(14)3-4-9(8)22-2/h3-6H,1-2H3,(H,16,18,19)(H3,15,17,20,21)/t6-/m1/s1. The molecule has 8 nitrogen and oxygen atoms in total. The van der Waals surface area contributed by atoms with E-state index in [2.05, 4.69) is 15.2 Å². The molecule has 0 fully saturated rings.